The zero-order chi connectivity index (χ0) is 56.7. The Kier molecular flexibility index (Phi) is 19.2. The monoisotopic (exact) mass is 1110 g/mol. The highest BCUT2D eigenvalue weighted by molar-refractivity contribution is 7.22. The summed E-state index contributed by atoms with van der Waals surface area (Å²) in [6, 6.07) is 21.1. The molecule has 22 nitrogen and oxygen atoms in total. The first-order valence-electron chi connectivity index (χ1n) is 25.0. The van der Waals surface area contributed by atoms with Crippen LogP contribution >= 0.6 is 11.3 Å². The van der Waals surface area contributed by atoms with Crippen molar-refractivity contribution in [2.75, 3.05) is 33.6 Å². The van der Waals surface area contributed by atoms with Gasteiger partial charge in [-0.15, -0.1) is 11.3 Å². The molecule has 8 rings (SSSR count). The van der Waals surface area contributed by atoms with Crippen molar-refractivity contribution >= 4 is 75.3 Å². The molecule has 1 saturated heterocycles. The Hall–Kier alpha value is -9.11. The van der Waals surface area contributed by atoms with E-state index in [-0.39, 0.29) is 78.2 Å². The molecule has 2 aliphatic carbocycles. The Morgan fingerprint density at radius 2 is 1.06 bits per heavy atom. The van der Waals surface area contributed by atoms with Crippen molar-refractivity contribution in [3.05, 3.63) is 126 Å². The molecule has 0 bridgehead atoms. The number of benzene rings is 4. The summed E-state index contributed by atoms with van der Waals surface area (Å²) < 4.78 is 58.2. The van der Waals surface area contributed by atoms with Gasteiger partial charge in [0.25, 0.3) is 0 Å². The summed E-state index contributed by atoms with van der Waals surface area (Å²) in [5.74, 6) is -8.88. The van der Waals surface area contributed by atoms with Crippen LogP contribution in [0.2, 0.25) is 0 Å². The van der Waals surface area contributed by atoms with Gasteiger partial charge >= 0.3 is 53.7 Å². The summed E-state index contributed by atoms with van der Waals surface area (Å²) in [6.45, 7) is 5.57. The van der Waals surface area contributed by atoms with Crippen LogP contribution in [0.4, 0.5) is 0 Å². The number of aromatic nitrogens is 1. The van der Waals surface area contributed by atoms with Crippen molar-refractivity contribution in [1.82, 2.24) is 4.98 Å². The van der Waals surface area contributed by atoms with E-state index in [0.29, 0.717) is 59.7 Å². The quantitative estimate of drug-likeness (QED) is 0.0122. The molecule has 23 heteroatoms. The van der Waals surface area contributed by atoms with Gasteiger partial charge in [0, 0.05) is 17.7 Å². The van der Waals surface area contributed by atoms with Crippen LogP contribution in [0.3, 0.4) is 0 Å². The molecule has 0 N–H and O–H groups in total. The molecule has 0 spiro atoms. The largest absolute Gasteiger partial charge is 0.435 e. The van der Waals surface area contributed by atoms with Crippen molar-refractivity contribution in [1.29, 1.82) is 5.26 Å². The van der Waals surface area contributed by atoms with Gasteiger partial charge < -0.3 is 52.1 Å². The second kappa shape index (κ2) is 27.0. The number of ether oxygens (including phenoxy) is 11. The maximum atomic E-state index is 13.8. The first-order valence-corrected chi connectivity index (χ1v) is 25.9. The van der Waals surface area contributed by atoms with E-state index in [1.165, 1.54) is 53.8 Å². The number of carbonyl (C=O) groups is 9. The van der Waals surface area contributed by atoms with E-state index >= 15 is 0 Å². The Balaban J connectivity index is 0.869. The highest BCUT2D eigenvalue weighted by Crippen LogP contribution is 2.42. The van der Waals surface area contributed by atoms with Crippen molar-refractivity contribution in [2.24, 2.45) is 23.7 Å². The van der Waals surface area contributed by atoms with Crippen molar-refractivity contribution < 1.29 is 95.3 Å². The van der Waals surface area contributed by atoms with E-state index in [9.17, 15) is 48.4 Å². The number of nitriles is 1. The second-order valence-corrected chi connectivity index (χ2v) is 19.3. The number of nitrogens with zero attached hydrogens (tertiary/aromatic N) is 2. The minimum absolute atomic E-state index is 0.0373. The zero-order valence-corrected chi connectivity index (χ0v) is 43.4. The third-order valence-electron chi connectivity index (χ3n) is 13.0. The molecule has 0 radical (unpaired) electrons. The van der Waals surface area contributed by atoms with Crippen molar-refractivity contribution in [3.63, 3.8) is 0 Å². The molecular formula is C57H50N2O20S. The molecule has 414 valence electrons. The minimum atomic E-state index is -1.16. The highest BCUT2D eigenvalue weighted by atomic mass is 32.1. The van der Waals surface area contributed by atoms with Crippen LogP contribution in [0.5, 0.6) is 23.0 Å². The average molecular weight is 1120 g/mol. The van der Waals surface area contributed by atoms with Gasteiger partial charge in [-0.3, -0.25) is 19.2 Å². The van der Waals surface area contributed by atoms with E-state index < -0.39 is 96.5 Å². The lowest BCUT2D eigenvalue weighted by molar-refractivity contribution is -0.147. The molecule has 1 unspecified atom stereocenters. The number of esters is 9. The summed E-state index contributed by atoms with van der Waals surface area (Å²) in [5, 5.41) is 9.87. The predicted octanol–water partition coefficient (Wildman–Crippen LogP) is 7.69. The molecule has 4 aromatic carbocycles. The normalized spacial score (nSPS) is 18.2. The van der Waals surface area contributed by atoms with Gasteiger partial charge in [-0.25, -0.2) is 29.0 Å². The van der Waals surface area contributed by atoms with Gasteiger partial charge in [-0.05, 0) is 118 Å². The van der Waals surface area contributed by atoms with Gasteiger partial charge in [-0.2, -0.15) is 5.26 Å². The molecule has 3 aliphatic rings. The van der Waals surface area contributed by atoms with E-state index in [1.54, 1.807) is 24.3 Å². The van der Waals surface area contributed by atoms with E-state index in [4.69, 9.17) is 47.6 Å². The van der Waals surface area contributed by atoms with Gasteiger partial charge in [-0.1, -0.05) is 25.3 Å². The third-order valence-corrected chi connectivity index (χ3v) is 14.1. The van der Waals surface area contributed by atoms with Gasteiger partial charge in [0.1, 0.15) is 32.8 Å². The topological polar surface area (TPSA) is 295 Å². The number of thiazole rings is 1. The molecule has 0 amide bonds. The first-order chi connectivity index (χ1) is 38.7. The van der Waals surface area contributed by atoms with E-state index in [0.717, 1.165) is 24.3 Å². The molecule has 3 fully saturated rings. The lowest BCUT2D eigenvalue weighted by Crippen LogP contribution is -2.30. The van der Waals surface area contributed by atoms with Crippen molar-refractivity contribution in [2.45, 2.75) is 57.5 Å². The SMILES string of the molecule is C=CC(=O)OCOC(=O)c1ccc(OC(=O)C2CCC(C(=O)Oc3ccc(OC(=O)C4CCC(C(=O)Oc5ccc(C(=O)OCOCC6CO6)cc5)CC4)c4nc(-c5ccc(C#N)cc5)sc34)CC2)cc1C(=O)OCOC(=O)C=C. The Morgan fingerprint density at radius 1 is 0.575 bits per heavy atom. The average Bonchev–Trinajstić information content (AvgIpc) is 4.21. The molecular weight excluding hydrogens is 1060 g/mol. The summed E-state index contributed by atoms with van der Waals surface area (Å²) >= 11 is 1.18. The Morgan fingerprint density at radius 3 is 1.60 bits per heavy atom. The number of epoxide rings is 1. The van der Waals surface area contributed by atoms with E-state index in [2.05, 4.69) is 28.7 Å². The Labute approximate surface area is 460 Å². The molecule has 2 heterocycles. The van der Waals surface area contributed by atoms with E-state index in [1.807, 2.05) is 0 Å². The van der Waals surface area contributed by atoms with Gasteiger partial charge in [0.15, 0.2) is 18.3 Å². The molecule has 5 aromatic rings. The lowest BCUT2D eigenvalue weighted by atomic mass is 9.82. The summed E-state index contributed by atoms with van der Waals surface area (Å²) in [6.07, 6.45) is 4.01. The molecule has 1 aliphatic heterocycles. The fourth-order valence-corrected chi connectivity index (χ4v) is 9.55. The van der Waals surface area contributed by atoms with Crippen molar-refractivity contribution in [3.8, 4) is 39.6 Å². The predicted molar refractivity (Wildman–Crippen MR) is 275 cm³/mol. The molecule has 80 heavy (non-hydrogen) atoms. The smallest absolute Gasteiger partial charge is 0.342 e. The summed E-state index contributed by atoms with van der Waals surface area (Å²) in [4.78, 5) is 120. The van der Waals surface area contributed by atoms with Crippen LogP contribution in [-0.4, -0.2) is 98.4 Å². The van der Waals surface area contributed by atoms with Gasteiger partial charge in [0.2, 0.25) is 13.6 Å². The number of hydrogen-bond donors (Lipinski definition) is 0. The van der Waals surface area contributed by atoms with Gasteiger partial charge in [0.05, 0.1) is 65.2 Å². The maximum Gasteiger partial charge on any atom is 0.342 e. The van der Waals surface area contributed by atoms with Crippen LogP contribution in [0.1, 0.15) is 88.0 Å². The molecule has 1 atom stereocenters. The number of rotatable bonds is 22. The molecule has 2 saturated carbocycles. The highest BCUT2D eigenvalue weighted by Gasteiger charge is 2.35. The fraction of sp³-hybridized carbons (Fsp3) is 0.316. The zero-order valence-electron chi connectivity index (χ0n) is 42.6. The summed E-state index contributed by atoms with van der Waals surface area (Å²) in [5.41, 5.74) is 0.782. The van der Waals surface area contributed by atoms with Crippen LogP contribution in [0.25, 0.3) is 20.8 Å². The fourth-order valence-electron chi connectivity index (χ4n) is 8.52. The third kappa shape index (κ3) is 15.1. The first kappa shape index (κ1) is 57.1. The second-order valence-electron chi connectivity index (χ2n) is 18.3. The van der Waals surface area contributed by atoms with Crippen LogP contribution in [-0.2, 0) is 61.9 Å². The minimum Gasteiger partial charge on any atom is -0.435 e. The summed E-state index contributed by atoms with van der Waals surface area (Å²) in [7, 11) is 0. The van der Waals surface area contributed by atoms with Crippen LogP contribution in [0, 0.1) is 35.0 Å². The maximum absolute atomic E-state index is 13.8. The Bertz CT molecular complexity index is 3230. The number of fused-ring (bicyclic) bond motifs is 1. The standard InChI is InChI=1S/C57H50N2O20S/c1-3-46(60)71-30-74-56(67)42-22-21-40(25-43(42)57(68)75-31-72-47(61)4-2)77-53(64)36-11-15-38(16-12-36)55(66)79-45-24-23-44(48-49(45)80-50(59-48)33-7-5-32(26-58)6-8-33)78-54(65)37-13-9-35(10-14-37)52(63)76-39-19-17-34(18-20-39)51(62)73-29-69-27-41-28-70-41/h3-8,17-25,35-38,41H,1-2,9-16,27-31H2. The van der Waals surface area contributed by atoms with Crippen LogP contribution < -0.4 is 18.9 Å². The van der Waals surface area contributed by atoms with Crippen LogP contribution in [0.15, 0.2) is 104 Å². The number of carbonyl (C=O) groups excluding carboxylic acids is 9. The molecule has 1 aromatic heterocycles. The number of hydrogen-bond acceptors (Lipinski definition) is 23. The lowest BCUT2D eigenvalue weighted by Gasteiger charge is -2.26.